The van der Waals surface area contributed by atoms with Gasteiger partial charge in [0.15, 0.2) is 11.6 Å². The van der Waals surface area contributed by atoms with Crippen molar-refractivity contribution in [1.29, 1.82) is 0 Å². The first-order valence-corrected chi connectivity index (χ1v) is 15.3. The predicted molar refractivity (Wildman–Crippen MR) is 177 cm³/mol. The number of carbonyl (C=O) groups excluding carboxylic acids is 1. The molecule has 0 radical (unpaired) electrons. The molecule has 0 aromatic heterocycles. The van der Waals surface area contributed by atoms with E-state index in [0.29, 0.717) is 35.5 Å². The van der Waals surface area contributed by atoms with E-state index >= 15 is 0 Å². The third-order valence-electron chi connectivity index (χ3n) is 7.70. The second-order valence-electron chi connectivity index (χ2n) is 10.9. The van der Waals surface area contributed by atoms with Crippen molar-refractivity contribution in [3.8, 4) is 5.75 Å². The molecule has 246 valence electrons. The van der Waals surface area contributed by atoms with E-state index in [9.17, 15) is 13.6 Å². The number of amides is 1. The van der Waals surface area contributed by atoms with Gasteiger partial charge in [0, 0.05) is 42.0 Å². The van der Waals surface area contributed by atoms with Gasteiger partial charge >= 0.3 is 0 Å². The number of ether oxygens (including phenoxy) is 2. The number of hydrazine groups is 1. The summed E-state index contributed by atoms with van der Waals surface area (Å²) in [5.74, 6) is -1.04. The standard InChI is InChI=1S/C36H34F2N6O4/c37-29-15-18-32(38)28(22-29)24-40-43-35(46)36(19-6-10-25-8-2-1-3-9-25)33(31-12-5-4-11-27(31)23-41-44-39)48-34(42-36)26-13-16-30(17-14-26)47-21-7-20-45/h1-6,8-18,22,33,40,45H,7,19-21,23-24H2,(H,43,46)/b10-6+/t33-,36-/m0/s1. The van der Waals surface area contributed by atoms with Gasteiger partial charge in [0.1, 0.15) is 17.4 Å². The van der Waals surface area contributed by atoms with E-state index in [1.807, 2.05) is 42.5 Å². The van der Waals surface area contributed by atoms with E-state index in [1.54, 1.807) is 48.5 Å². The molecule has 1 aliphatic heterocycles. The number of carbonyl (C=O) groups is 1. The Hall–Kier alpha value is -5.55. The molecular weight excluding hydrogens is 618 g/mol. The molecule has 3 N–H and O–H groups in total. The number of nitrogens with one attached hydrogen (secondary N) is 2. The summed E-state index contributed by atoms with van der Waals surface area (Å²) in [4.78, 5) is 22.2. The minimum atomic E-state index is -1.60. The molecule has 48 heavy (non-hydrogen) atoms. The Morgan fingerprint density at radius 1 is 1.04 bits per heavy atom. The van der Waals surface area contributed by atoms with Crippen LogP contribution >= 0.6 is 0 Å². The van der Waals surface area contributed by atoms with Crippen LogP contribution in [0.2, 0.25) is 0 Å². The molecule has 0 saturated heterocycles. The molecule has 0 saturated carbocycles. The minimum absolute atomic E-state index is 0.0103. The number of halogens is 2. The third kappa shape index (κ3) is 8.23. The van der Waals surface area contributed by atoms with Gasteiger partial charge in [-0.3, -0.25) is 10.2 Å². The van der Waals surface area contributed by atoms with Crippen molar-refractivity contribution in [2.24, 2.45) is 10.1 Å². The van der Waals surface area contributed by atoms with Gasteiger partial charge < -0.3 is 14.6 Å². The number of nitrogens with zero attached hydrogens (tertiary/aromatic N) is 4. The Morgan fingerprint density at radius 3 is 2.58 bits per heavy atom. The highest BCUT2D eigenvalue weighted by atomic mass is 19.1. The molecule has 0 fully saturated rings. The summed E-state index contributed by atoms with van der Waals surface area (Å²) in [6, 6.07) is 26.8. The van der Waals surface area contributed by atoms with E-state index in [1.165, 1.54) is 0 Å². The fourth-order valence-electron chi connectivity index (χ4n) is 5.28. The molecule has 1 heterocycles. The number of hydrogen-bond acceptors (Lipinski definition) is 7. The molecule has 4 aromatic carbocycles. The summed E-state index contributed by atoms with van der Waals surface area (Å²) in [6.07, 6.45) is 3.29. The Balaban J connectivity index is 1.54. The highest BCUT2D eigenvalue weighted by molar-refractivity contribution is 6.01. The van der Waals surface area contributed by atoms with Gasteiger partial charge in [0.05, 0.1) is 13.2 Å². The monoisotopic (exact) mass is 652 g/mol. The average Bonchev–Trinajstić information content (AvgIpc) is 3.50. The first kappa shape index (κ1) is 33.8. The zero-order valence-corrected chi connectivity index (χ0v) is 25.9. The number of aliphatic imine (C=N–C) groups is 1. The van der Waals surface area contributed by atoms with Crippen molar-refractivity contribution in [2.45, 2.75) is 37.6 Å². The molecule has 0 unspecified atom stereocenters. The quantitative estimate of drug-likeness (QED) is 0.0430. The fourth-order valence-corrected chi connectivity index (χ4v) is 5.28. The van der Waals surface area contributed by atoms with Crippen molar-refractivity contribution in [2.75, 3.05) is 13.2 Å². The zero-order valence-electron chi connectivity index (χ0n) is 25.9. The average molecular weight is 653 g/mol. The number of benzene rings is 4. The van der Waals surface area contributed by atoms with Crippen LogP contribution in [0.15, 0.2) is 113 Å². The van der Waals surface area contributed by atoms with Crippen molar-refractivity contribution in [1.82, 2.24) is 10.9 Å². The Morgan fingerprint density at radius 2 is 1.81 bits per heavy atom. The van der Waals surface area contributed by atoms with E-state index < -0.39 is 29.2 Å². The van der Waals surface area contributed by atoms with Crippen LogP contribution < -0.4 is 15.6 Å². The van der Waals surface area contributed by atoms with Crippen LogP contribution in [0.25, 0.3) is 16.5 Å². The summed E-state index contributed by atoms with van der Waals surface area (Å²) in [7, 11) is 0. The molecule has 10 nitrogen and oxygen atoms in total. The third-order valence-corrected chi connectivity index (χ3v) is 7.70. The lowest BCUT2D eigenvalue weighted by molar-refractivity contribution is -0.130. The second kappa shape index (κ2) is 16.3. The highest BCUT2D eigenvalue weighted by Gasteiger charge is 2.53. The van der Waals surface area contributed by atoms with Gasteiger partial charge in [-0.25, -0.2) is 19.2 Å². The summed E-state index contributed by atoms with van der Waals surface area (Å²) in [5, 5.41) is 12.8. The maximum Gasteiger partial charge on any atom is 0.266 e. The van der Waals surface area contributed by atoms with Crippen LogP contribution in [-0.2, 0) is 22.6 Å². The van der Waals surface area contributed by atoms with Gasteiger partial charge in [-0.1, -0.05) is 71.9 Å². The smallest absolute Gasteiger partial charge is 0.266 e. The van der Waals surface area contributed by atoms with Crippen LogP contribution in [0.1, 0.15) is 46.8 Å². The Bertz CT molecular complexity index is 1810. The number of hydrogen-bond donors (Lipinski definition) is 3. The number of azide groups is 1. The molecular formula is C36H34F2N6O4. The highest BCUT2D eigenvalue weighted by Crippen LogP contribution is 2.44. The number of rotatable bonds is 15. The predicted octanol–water partition coefficient (Wildman–Crippen LogP) is 6.72. The van der Waals surface area contributed by atoms with Crippen molar-refractivity contribution < 1.29 is 28.2 Å². The molecule has 2 atom stereocenters. The summed E-state index contributed by atoms with van der Waals surface area (Å²) >= 11 is 0. The van der Waals surface area contributed by atoms with Crippen LogP contribution in [0, 0.1) is 11.6 Å². The number of aliphatic hydroxyl groups excluding tert-OH is 1. The van der Waals surface area contributed by atoms with Gasteiger partial charge in [-0.05, 0) is 64.7 Å². The summed E-state index contributed by atoms with van der Waals surface area (Å²) < 4.78 is 40.4. The molecule has 0 spiro atoms. The maximum absolute atomic E-state index is 14.4. The lowest BCUT2D eigenvalue weighted by atomic mass is 9.82. The lowest BCUT2D eigenvalue weighted by Gasteiger charge is -2.31. The lowest BCUT2D eigenvalue weighted by Crippen LogP contribution is -2.52. The van der Waals surface area contributed by atoms with Crippen LogP contribution in [0.4, 0.5) is 8.78 Å². The zero-order chi connectivity index (χ0) is 33.8. The van der Waals surface area contributed by atoms with Crippen molar-refractivity contribution in [3.05, 3.63) is 153 Å². The first-order valence-electron chi connectivity index (χ1n) is 15.3. The molecule has 0 bridgehead atoms. The second-order valence-corrected chi connectivity index (χ2v) is 10.9. The van der Waals surface area contributed by atoms with Gasteiger partial charge in [-0.2, -0.15) is 0 Å². The van der Waals surface area contributed by atoms with Gasteiger partial charge in [0.2, 0.25) is 5.90 Å². The SMILES string of the molecule is [N-]=[N+]=NCc1ccccc1[C@@H]1OC(c2ccc(OCCCO)cc2)=N[C@]1(C/C=C/c1ccccc1)C(=O)NNCc1cc(F)ccc1F. The minimum Gasteiger partial charge on any atom is -0.494 e. The van der Waals surface area contributed by atoms with E-state index in [0.717, 1.165) is 23.8 Å². The van der Waals surface area contributed by atoms with Crippen molar-refractivity contribution >= 4 is 17.9 Å². The van der Waals surface area contributed by atoms with Crippen LogP contribution in [-0.4, -0.2) is 35.7 Å². The Labute approximate surface area is 276 Å². The Kier molecular flexibility index (Phi) is 11.5. The molecule has 12 heteroatoms. The van der Waals surface area contributed by atoms with Gasteiger partial charge in [-0.15, -0.1) is 0 Å². The maximum atomic E-state index is 14.4. The summed E-state index contributed by atoms with van der Waals surface area (Å²) in [6.45, 7) is 0.177. The molecule has 4 aromatic rings. The first-order chi connectivity index (χ1) is 23.4. The molecule has 5 rings (SSSR count). The topological polar surface area (TPSA) is 141 Å². The normalized spacial score (nSPS) is 17.0. The largest absolute Gasteiger partial charge is 0.494 e. The van der Waals surface area contributed by atoms with Crippen molar-refractivity contribution in [3.63, 3.8) is 0 Å². The van der Waals surface area contributed by atoms with Gasteiger partial charge in [0.25, 0.3) is 5.91 Å². The molecule has 1 aliphatic rings. The van der Waals surface area contributed by atoms with E-state index in [4.69, 9.17) is 25.1 Å². The molecule has 0 aliphatic carbocycles. The fraction of sp³-hybridized carbons (Fsp3) is 0.222. The van der Waals surface area contributed by atoms with Crippen LogP contribution in [0.5, 0.6) is 5.75 Å². The number of aliphatic hydroxyl groups is 1. The van der Waals surface area contributed by atoms with Crippen LogP contribution in [0.3, 0.4) is 0 Å². The van der Waals surface area contributed by atoms with E-state index in [2.05, 4.69) is 20.9 Å². The molecule has 1 amide bonds. The van der Waals surface area contributed by atoms with E-state index in [-0.39, 0.29) is 37.6 Å². The summed E-state index contributed by atoms with van der Waals surface area (Å²) in [5.41, 5.74) is 15.6.